The molecule has 0 aliphatic heterocycles. The van der Waals surface area contributed by atoms with Crippen molar-refractivity contribution in [2.75, 3.05) is 0 Å². The van der Waals surface area contributed by atoms with Gasteiger partial charge in [0.05, 0.1) is 0 Å². The van der Waals surface area contributed by atoms with E-state index in [0.717, 1.165) is 12.5 Å². The van der Waals surface area contributed by atoms with Crippen LogP contribution in [-0.4, -0.2) is 6.04 Å². The van der Waals surface area contributed by atoms with E-state index in [-0.39, 0.29) is 6.04 Å². The van der Waals surface area contributed by atoms with Gasteiger partial charge in [-0.1, -0.05) is 6.92 Å². The fraction of sp³-hybridized carbons (Fsp3) is 0.500. The van der Waals surface area contributed by atoms with Crippen molar-refractivity contribution in [2.24, 2.45) is 17.6 Å². The summed E-state index contributed by atoms with van der Waals surface area (Å²) in [7, 11) is 0. The minimum absolute atomic E-state index is 0.0289. The molecule has 2 rings (SSSR count). The summed E-state index contributed by atoms with van der Waals surface area (Å²) in [6, 6.07) is 3.63. The molecule has 1 nitrogen and oxygen atoms in total. The summed E-state index contributed by atoms with van der Waals surface area (Å²) in [5.41, 5.74) is 6.61. The summed E-state index contributed by atoms with van der Waals surface area (Å²) >= 11 is 0. The van der Waals surface area contributed by atoms with Crippen molar-refractivity contribution >= 4 is 0 Å². The Morgan fingerprint density at radius 3 is 2.33 bits per heavy atom. The Morgan fingerprint density at radius 2 is 1.87 bits per heavy atom. The van der Waals surface area contributed by atoms with Gasteiger partial charge in [0, 0.05) is 12.1 Å². The molecule has 82 valence electrons. The molecule has 0 bridgehead atoms. The first-order valence-electron chi connectivity index (χ1n) is 5.27. The molecule has 0 heterocycles. The maximum atomic E-state index is 12.9. The summed E-state index contributed by atoms with van der Waals surface area (Å²) < 4.78 is 25.8. The van der Waals surface area contributed by atoms with Crippen molar-refractivity contribution < 1.29 is 8.78 Å². The summed E-state index contributed by atoms with van der Waals surface area (Å²) in [4.78, 5) is 0. The SMILES string of the molecule is CC1CC1C(N)Cc1cc(F)cc(F)c1. The average molecular weight is 211 g/mol. The Bertz CT molecular complexity index is 344. The topological polar surface area (TPSA) is 26.0 Å². The lowest BCUT2D eigenvalue weighted by atomic mass is 10.0. The normalized spacial score (nSPS) is 26.4. The van der Waals surface area contributed by atoms with Crippen LogP contribution in [0.2, 0.25) is 0 Å². The molecule has 1 saturated carbocycles. The molecule has 0 aromatic heterocycles. The highest BCUT2D eigenvalue weighted by molar-refractivity contribution is 5.19. The van der Waals surface area contributed by atoms with Crippen LogP contribution >= 0.6 is 0 Å². The summed E-state index contributed by atoms with van der Waals surface area (Å²) in [6.07, 6.45) is 1.70. The van der Waals surface area contributed by atoms with Crippen LogP contribution in [0.1, 0.15) is 18.9 Å². The van der Waals surface area contributed by atoms with Gasteiger partial charge in [0.25, 0.3) is 0 Å². The fourth-order valence-corrected chi connectivity index (χ4v) is 2.10. The molecule has 0 spiro atoms. The molecule has 1 fully saturated rings. The second-order valence-electron chi connectivity index (χ2n) is 4.52. The summed E-state index contributed by atoms with van der Waals surface area (Å²) in [6.45, 7) is 2.15. The Kier molecular flexibility index (Phi) is 2.74. The highest BCUT2D eigenvalue weighted by atomic mass is 19.1. The standard InChI is InChI=1S/C12H15F2N/c1-7-2-11(7)12(15)5-8-3-9(13)6-10(14)4-8/h3-4,6-7,11-12H,2,5,15H2,1H3. The molecule has 2 N–H and O–H groups in total. The maximum absolute atomic E-state index is 12.9. The number of halogens is 2. The van der Waals surface area contributed by atoms with Crippen LogP contribution in [0.5, 0.6) is 0 Å². The molecular weight excluding hydrogens is 196 g/mol. The monoisotopic (exact) mass is 211 g/mol. The number of rotatable bonds is 3. The van der Waals surface area contributed by atoms with Crippen LogP contribution in [0.25, 0.3) is 0 Å². The van der Waals surface area contributed by atoms with Crippen LogP contribution in [0.3, 0.4) is 0 Å². The molecule has 0 saturated heterocycles. The predicted octanol–water partition coefficient (Wildman–Crippen LogP) is 2.49. The van der Waals surface area contributed by atoms with E-state index in [1.807, 2.05) is 0 Å². The molecule has 0 radical (unpaired) electrons. The smallest absolute Gasteiger partial charge is 0.126 e. The van der Waals surface area contributed by atoms with E-state index in [2.05, 4.69) is 6.92 Å². The molecule has 1 aromatic rings. The van der Waals surface area contributed by atoms with Crippen LogP contribution < -0.4 is 5.73 Å². The molecule has 1 aromatic carbocycles. The Morgan fingerprint density at radius 1 is 1.33 bits per heavy atom. The summed E-state index contributed by atoms with van der Waals surface area (Å²) in [5, 5.41) is 0. The average Bonchev–Trinajstić information content (AvgIpc) is 2.80. The minimum Gasteiger partial charge on any atom is -0.327 e. The molecule has 0 amide bonds. The maximum Gasteiger partial charge on any atom is 0.126 e. The first-order valence-corrected chi connectivity index (χ1v) is 5.27. The van der Waals surface area contributed by atoms with Gasteiger partial charge >= 0.3 is 0 Å². The van der Waals surface area contributed by atoms with Gasteiger partial charge in [-0.05, 0) is 42.4 Å². The lowest BCUT2D eigenvalue weighted by Crippen LogP contribution is -2.26. The van der Waals surface area contributed by atoms with E-state index in [0.29, 0.717) is 23.8 Å². The zero-order chi connectivity index (χ0) is 11.0. The molecular formula is C12H15F2N. The molecule has 15 heavy (non-hydrogen) atoms. The first-order chi connectivity index (χ1) is 7.06. The molecule has 3 unspecified atom stereocenters. The zero-order valence-corrected chi connectivity index (χ0v) is 8.71. The molecule has 1 aliphatic carbocycles. The minimum atomic E-state index is -0.527. The molecule has 1 aliphatic rings. The highest BCUT2D eigenvalue weighted by Crippen LogP contribution is 2.40. The van der Waals surface area contributed by atoms with E-state index in [1.165, 1.54) is 12.1 Å². The van der Waals surface area contributed by atoms with Crippen molar-refractivity contribution in [3.63, 3.8) is 0 Å². The predicted molar refractivity (Wildman–Crippen MR) is 55.3 cm³/mol. The van der Waals surface area contributed by atoms with Gasteiger partial charge in [-0.15, -0.1) is 0 Å². The van der Waals surface area contributed by atoms with E-state index in [1.54, 1.807) is 0 Å². The fourth-order valence-electron chi connectivity index (χ4n) is 2.10. The van der Waals surface area contributed by atoms with Gasteiger partial charge in [-0.2, -0.15) is 0 Å². The van der Waals surface area contributed by atoms with Crippen molar-refractivity contribution in [3.8, 4) is 0 Å². The van der Waals surface area contributed by atoms with Crippen LogP contribution in [0.4, 0.5) is 8.78 Å². The number of nitrogens with two attached hydrogens (primary N) is 1. The van der Waals surface area contributed by atoms with Crippen molar-refractivity contribution in [3.05, 3.63) is 35.4 Å². The van der Waals surface area contributed by atoms with Crippen LogP contribution in [0, 0.1) is 23.5 Å². The van der Waals surface area contributed by atoms with Gasteiger partial charge in [-0.3, -0.25) is 0 Å². The van der Waals surface area contributed by atoms with Gasteiger partial charge in [0.15, 0.2) is 0 Å². The van der Waals surface area contributed by atoms with E-state index < -0.39 is 11.6 Å². The molecule has 3 heteroatoms. The summed E-state index contributed by atoms with van der Waals surface area (Å²) in [5.74, 6) is 0.136. The largest absolute Gasteiger partial charge is 0.327 e. The van der Waals surface area contributed by atoms with E-state index >= 15 is 0 Å². The van der Waals surface area contributed by atoms with Crippen molar-refractivity contribution in [1.29, 1.82) is 0 Å². The van der Waals surface area contributed by atoms with E-state index in [4.69, 9.17) is 5.73 Å². The Balaban J connectivity index is 2.03. The second-order valence-corrected chi connectivity index (χ2v) is 4.52. The molecule has 3 atom stereocenters. The van der Waals surface area contributed by atoms with Crippen molar-refractivity contribution in [2.45, 2.75) is 25.8 Å². The lowest BCUT2D eigenvalue weighted by molar-refractivity contribution is 0.546. The van der Waals surface area contributed by atoms with Crippen LogP contribution in [-0.2, 0) is 6.42 Å². The van der Waals surface area contributed by atoms with Gasteiger partial charge in [0.2, 0.25) is 0 Å². The van der Waals surface area contributed by atoms with E-state index in [9.17, 15) is 8.78 Å². The quantitative estimate of drug-likeness (QED) is 0.816. The first kappa shape index (κ1) is 10.6. The third-order valence-corrected chi connectivity index (χ3v) is 3.12. The Labute approximate surface area is 88.3 Å². The number of benzene rings is 1. The van der Waals surface area contributed by atoms with Crippen LogP contribution in [0.15, 0.2) is 18.2 Å². The van der Waals surface area contributed by atoms with Gasteiger partial charge in [0.1, 0.15) is 11.6 Å². The zero-order valence-electron chi connectivity index (χ0n) is 8.71. The van der Waals surface area contributed by atoms with Crippen molar-refractivity contribution in [1.82, 2.24) is 0 Å². The van der Waals surface area contributed by atoms with Gasteiger partial charge < -0.3 is 5.73 Å². The number of hydrogen-bond donors (Lipinski definition) is 1. The third-order valence-electron chi connectivity index (χ3n) is 3.12. The number of hydrogen-bond acceptors (Lipinski definition) is 1. The second kappa shape index (κ2) is 3.89. The third kappa shape index (κ3) is 2.53. The lowest BCUT2D eigenvalue weighted by Gasteiger charge is -2.10. The van der Waals surface area contributed by atoms with Gasteiger partial charge in [-0.25, -0.2) is 8.78 Å². The highest BCUT2D eigenvalue weighted by Gasteiger charge is 2.37. The Hall–Kier alpha value is -0.960.